The number of benzene rings is 1. The summed E-state index contributed by atoms with van der Waals surface area (Å²) in [5.74, 6) is -0.153. The summed E-state index contributed by atoms with van der Waals surface area (Å²) >= 11 is 0. The van der Waals surface area contributed by atoms with E-state index in [0.29, 0.717) is 11.7 Å². The highest BCUT2D eigenvalue weighted by Crippen LogP contribution is 2.40. The molecule has 2 saturated carbocycles. The van der Waals surface area contributed by atoms with Gasteiger partial charge >= 0.3 is 12.1 Å². The normalized spacial score (nSPS) is 28.7. The minimum atomic E-state index is -4.15. The van der Waals surface area contributed by atoms with E-state index in [1.807, 2.05) is 24.3 Å². The Morgan fingerprint density at radius 3 is 2.11 bits per heavy atom. The van der Waals surface area contributed by atoms with Gasteiger partial charge in [-0.15, -0.1) is 0 Å². The molecule has 1 aromatic carbocycles. The first kappa shape index (κ1) is 21.2. The van der Waals surface area contributed by atoms with Crippen LogP contribution in [0.5, 0.6) is 5.75 Å². The van der Waals surface area contributed by atoms with Crippen LogP contribution < -0.4 is 4.74 Å². The Hall–Kier alpha value is -1.52. The van der Waals surface area contributed by atoms with E-state index in [2.05, 4.69) is 6.92 Å². The third-order valence-electron chi connectivity index (χ3n) is 6.64. The maximum Gasteiger partial charge on any atom is 0.391 e. The Kier molecular flexibility index (Phi) is 7.05. The lowest BCUT2D eigenvalue weighted by Gasteiger charge is -2.29. The van der Waals surface area contributed by atoms with Crippen molar-refractivity contribution in [3.63, 3.8) is 0 Å². The SMILES string of the molecule is CCC[C@H]1CC[C@H](c2ccc(OC(=O)[C@H]3CC[C@H](C(F)(F)F)CC3)cc2)CC1. The molecule has 0 radical (unpaired) electrons. The van der Waals surface area contributed by atoms with Crippen LogP contribution in [0.3, 0.4) is 0 Å². The van der Waals surface area contributed by atoms with Gasteiger partial charge in [-0.05, 0) is 80.9 Å². The summed E-state index contributed by atoms with van der Waals surface area (Å²) in [5.41, 5.74) is 1.29. The van der Waals surface area contributed by atoms with Crippen LogP contribution in [0.1, 0.15) is 82.6 Å². The summed E-state index contributed by atoms with van der Waals surface area (Å²) in [5, 5.41) is 0. The molecule has 0 saturated heterocycles. The second kappa shape index (κ2) is 9.32. The molecule has 5 heteroatoms. The number of alkyl halides is 3. The fraction of sp³-hybridized carbons (Fsp3) is 0.696. The van der Waals surface area contributed by atoms with Gasteiger partial charge in [0.2, 0.25) is 0 Å². The quantitative estimate of drug-likeness (QED) is 0.394. The second-order valence-corrected chi connectivity index (χ2v) is 8.59. The molecular formula is C23H31F3O2. The Morgan fingerprint density at radius 2 is 1.57 bits per heavy atom. The van der Waals surface area contributed by atoms with Crippen LogP contribution in [-0.4, -0.2) is 12.1 Å². The first-order valence-electron chi connectivity index (χ1n) is 10.7. The van der Waals surface area contributed by atoms with Gasteiger partial charge in [0.15, 0.2) is 0 Å². The minimum absolute atomic E-state index is 0.0168. The molecule has 2 nitrogen and oxygen atoms in total. The molecule has 28 heavy (non-hydrogen) atoms. The minimum Gasteiger partial charge on any atom is -0.426 e. The van der Waals surface area contributed by atoms with Gasteiger partial charge in [0.05, 0.1) is 11.8 Å². The molecule has 0 atom stereocenters. The van der Waals surface area contributed by atoms with Crippen molar-refractivity contribution in [3.8, 4) is 5.75 Å². The van der Waals surface area contributed by atoms with E-state index in [9.17, 15) is 18.0 Å². The van der Waals surface area contributed by atoms with E-state index in [0.717, 1.165) is 5.92 Å². The maximum absolute atomic E-state index is 12.8. The molecule has 0 bridgehead atoms. The van der Waals surface area contributed by atoms with Crippen molar-refractivity contribution in [2.75, 3.05) is 0 Å². The Bertz CT molecular complexity index is 622. The van der Waals surface area contributed by atoms with Crippen molar-refractivity contribution in [3.05, 3.63) is 29.8 Å². The lowest BCUT2D eigenvalue weighted by atomic mass is 9.77. The molecule has 2 aliphatic rings. The third-order valence-corrected chi connectivity index (χ3v) is 6.64. The van der Waals surface area contributed by atoms with Crippen molar-refractivity contribution >= 4 is 5.97 Å². The zero-order valence-electron chi connectivity index (χ0n) is 16.6. The summed E-state index contributed by atoms with van der Waals surface area (Å²) in [7, 11) is 0. The Labute approximate surface area is 165 Å². The summed E-state index contributed by atoms with van der Waals surface area (Å²) in [6.07, 6.45) is 3.97. The van der Waals surface area contributed by atoms with Gasteiger partial charge in [0, 0.05) is 0 Å². The highest BCUT2D eigenvalue weighted by molar-refractivity contribution is 5.75. The highest BCUT2D eigenvalue weighted by atomic mass is 19.4. The summed E-state index contributed by atoms with van der Waals surface area (Å²) in [6, 6.07) is 7.72. The number of esters is 1. The first-order valence-corrected chi connectivity index (χ1v) is 10.7. The van der Waals surface area contributed by atoms with Crippen LogP contribution in [0.2, 0.25) is 0 Å². The average Bonchev–Trinajstić information content (AvgIpc) is 2.69. The molecule has 0 spiro atoms. The van der Waals surface area contributed by atoms with Crippen LogP contribution in [-0.2, 0) is 4.79 Å². The number of hydrogen-bond donors (Lipinski definition) is 0. The Morgan fingerprint density at radius 1 is 0.964 bits per heavy atom. The molecular weight excluding hydrogens is 365 g/mol. The molecule has 0 heterocycles. The van der Waals surface area contributed by atoms with Gasteiger partial charge in [-0.1, -0.05) is 31.9 Å². The van der Waals surface area contributed by atoms with E-state index < -0.39 is 24.0 Å². The third kappa shape index (κ3) is 5.51. The van der Waals surface area contributed by atoms with E-state index in [1.54, 1.807) is 0 Å². The number of hydrogen-bond acceptors (Lipinski definition) is 2. The van der Waals surface area contributed by atoms with Crippen molar-refractivity contribution in [2.24, 2.45) is 17.8 Å². The van der Waals surface area contributed by atoms with Crippen LogP contribution in [0, 0.1) is 17.8 Å². The van der Waals surface area contributed by atoms with Crippen molar-refractivity contribution in [1.29, 1.82) is 0 Å². The van der Waals surface area contributed by atoms with Gasteiger partial charge in [-0.3, -0.25) is 4.79 Å². The van der Waals surface area contributed by atoms with E-state index in [1.165, 1.54) is 44.1 Å². The van der Waals surface area contributed by atoms with Crippen LogP contribution in [0.4, 0.5) is 13.2 Å². The fourth-order valence-corrected chi connectivity index (χ4v) is 4.86. The van der Waals surface area contributed by atoms with Crippen LogP contribution in [0.25, 0.3) is 0 Å². The average molecular weight is 396 g/mol. The number of carbonyl (C=O) groups excluding carboxylic acids is 1. The monoisotopic (exact) mass is 396 g/mol. The topological polar surface area (TPSA) is 26.3 Å². The lowest BCUT2D eigenvalue weighted by Crippen LogP contribution is -2.31. The van der Waals surface area contributed by atoms with E-state index in [-0.39, 0.29) is 25.7 Å². The zero-order chi connectivity index (χ0) is 20.1. The second-order valence-electron chi connectivity index (χ2n) is 8.59. The summed E-state index contributed by atoms with van der Waals surface area (Å²) in [4.78, 5) is 12.3. The molecule has 0 aliphatic heterocycles. The van der Waals surface area contributed by atoms with Crippen LogP contribution in [0.15, 0.2) is 24.3 Å². The number of ether oxygens (including phenoxy) is 1. The summed E-state index contributed by atoms with van der Waals surface area (Å²) in [6.45, 7) is 2.24. The standard InChI is InChI=1S/C23H31F3O2/c1-2-3-16-4-6-17(7-5-16)18-10-14-21(15-11-18)28-22(27)19-8-12-20(13-9-19)23(24,25)26/h10-11,14-17,19-20H,2-9,12-13H2,1H3/t16-,17-,19-,20-. The molecule has 0 N–H and O–H groups in total. The Balaban J connectivity index is 1.47. The predicted octanol–water partition coefficient (Wildman–Crippen LogP) is 7.03. The number of halogens is 3. The molecule has 1 aromatic rings. The number of rotatable bonds is 5. The van der Waals surface area contributed by atoms with Crippen molar-refractivity contribution < 1.29 is 22.7 Å². The first-order chi connectivity index (χ1) is 13.4. The molecule has 0 amide bonds. The van der Waals surface area contributed by atoms with E-state index in [4.69, 9.17) is 4.74 Å². The van der Waals surface area contributed by atoms with Gasteiger partial charge in [-0.25, -0.2) is 0 Å². The van der Waals surface area contributed by atoms with Crippen molar-refractivity contribution in [2.45, 2.75) is 83.2 Å². The van der Waals surface area contributed by atoms with Crippen LogP contribution >= 0.6 is 0 Å². The van der Waals surface area contributed by atoms with Gasteiger partial charge in [-0.2, -0.15) is 13.2 Å². The fourth-order valence-electron chi connectivity index (χ4n) is 4.86. The summed E-state index contributed by atoms with van der Waals surface area (Å²) < 4.78 is 43.7. The zero-order valence-corrected chi connectivity index (χ0v) is 16.6. The predicted molar refractivity (Wildman–Crippen MR) is 103 cm³/mol. The van der Waals surface area contributed by atoms with Crippen molar-refractivity contribution in [1.82, 2.24) is 0 Å². The molecule has 0 unspecified atom stereocenters. The van der Waals surface area contributed by atoms with Gasteiger partial charge in [0.25, 0.3) is 0 Å². The molecule has 2 aliphatic carbocycles. The molecule has 156 valence electrons. The molecule has 0 aromatic heterocycles. The number of carbonyl (C=O) groups is 1. The highest BCUT2D eigenvalue weighted by Gasteiger charge is 2.42. The van der Waals surface area contributed by atoms with Gasteiger partial charge < -0.3 is 4.74 Å². The van der Waals surface area contributed by atoms with E-state index >= 15 is 0 Å². The maximum atomic E-state index is 12.8. The van der Waals surface area contributed by atoms with Gasteiger partial charge in [0.1, 0.15) is 5.75 Å². The molecule has 3 rings (SSSR count). The largest absolute Gasteiger partial charge is 0.426 e. The lowest BCUT2D eigenvalue weighted by molar-refractivity contribution is -0.185. The smallest absolute Gasteiger partial charge is 0.391 e. The molecule has 2 fully saturated rings.